The van der Waals surface area contributed by atoms with Gasteiger partial charge in [0.15, 0.2) is 0 Å². The van der Waals surface area contributed by atoms with E-state index in [4.69, 9.17) is 4.74 Å². The molecular formula is C51H88O4. The highest BCUT2D eigenvalue weighted by Gasteiger charge is 2.27. The highest BCUT2D eigenvalue weighted by molar-refractivity contribution is 5.69. The number of hydrogen-bond donors (Lipinski definition) is 2. The van der Waals surface area contributed by atoms with Gasteiger partial charge in [0.1, 0.15) is 11.5 Å². The molecule has 2 aromatic rings. The molecule has 4 heteroatoms. The molecule has 2 rings (SSSR count). The molecule has 0 unspecified atom stereocenters. The monoisotopic (exact) mass is 765 g/mol. The van der Waals surface area contributed by atoms with Crippen LogP contribution in [-0.2, 0) is 44.0 Å². The lowest BCUT2D eigenvalue weighted by Crippen LogP contribution is -2.18. The molecule has 4 nitrogen and oxygen atoms in total. The van der Waals surface area contributed by atoms with Crippen molar-refractivity contribution < 1.29 is 19.7 Å². The van der Waals surface area contributed by atoms with Gasteiger partial charge in [0.25, 0.3) is 0 Å². The first kappa shape index (κ1) is 50.5. The molecule has 0 spiro atoms. The first-order chi connectivity index (χ1) is 25.5. The number of unbranched alkanes of at least 4 members (excludes halogenated alkanes) is 15. The van der Waals surface area contributed by atoms with Crippen LogP contribution in [-0.4, -0.2) is 22.8 Å². The van der Waals surface area contributed by atoms with Gasteiger partial charge in [-0.05, 0) is 74.3 Å². The van der Waals surface area contributed by atoms with Crippen LogP contribution in [0, 0.1) is 0 Å². The van der Waals surface area contributed by atoms with E-state index in [0.717, 1.165) is 47.1 Å². The number of hydrogen-bond acceptors (Lipinski definition) is 4. The maximum Gasteiger partial charge on any atom is 0.306 e. The topological polar surface area (TPSA) is 66.8 Å². The van der Waals surface area contributed by atoms with Gasteiger partial charge in [-0.3, -0.25) is 4.79 Å². The van der Waals surface area contributed by atoms with Crippen LogP contribution in [0.25, 0.3) is 0 Å². The minimum Gasteiger partial charge on any atom is -0.507 e. The van der Waals surface area contributed by atoms with Crippen molar-refractivity contribution in [3.63, 3.8) is 0 Å². The van der Waals surface area contributed by atoms with Crippen LogP contribution in [0.4, 0.5) is 0 Å². The van der Waals surface area contributed by atoms with Crippen LogP contribution in [0.1, 0.15) is 239 Å². The molecule has 2 aromatic carbocycles. The van der Waals surface area contributed by atoms with Crippen molar-refractivity contribution in [2.75, 3.05) is 6.61 Å². The lowest BCUT2D eigenvalue weighted by atomic mass is 9.78. The Morgan fingerprint density at radius 1 is 0.473 bits per heavy atom. The third-order valence-corrected chi connectivity index (χ3v) is 10.9. The first-order valence-electron chi connectivity index (χ1n) is 22.4. The third kappa shape index (κ3) is 20.0. The van der Waals surface area contributed by atoms with Gasteiger partial charge in [-0.2, -0.15) is 0 Å². The molecule has 0 aromatic heterocycles. The molecular weight excluding hydrogens is 677 g/mol. The highest BCUT2D eigenvalue weighted by atomic mass is 16.5. The molecule has 0 saturated heterocycles. The lowest BCUT2D eigenvalue weighted by Gasteiger charge is -2.28. The van der Waals surface area contributed by atoms with Gasteiger partial charge < -0.3 is 14.9 Å². The Morgan fingerprint density at radius 2 is 0.764 bits per heavy atom. The Labute approximate surface area is 341 Å². The second kappa shape index (κ2) is 24.3. The predicted molar refractivity (Wildman–Crippen MR) is 239 cm³/mol. The third-order valence-electron chi connectivity index (χ3n) is 10.9. The predicted octanol–water partition coefficient (Wildman–Crippen LogP) is 15.3. The molecule has 0 radical (unpaired) electrons. The summed E-state index contributed by atoms with van der Waals surface area (Å²) in [4.78, 5) is 12.3. The number of phenolic OH excluding ortho intramolecular Hbond substituents is 2. The second-order valence-electron chi connectivity index (χ2n) is 20.5. The number of carbonyl (C=O) groups excluding carboxylic acids is 1. The summed E-state index contributed by atoms with van der Waals surface area (Å²) in [7, 11) is 0. The fraction of sp³-hybridized carbons (Fsp3) is 0.745. The summed E-state index contributed by atoms with van der Waals surface area (Å²) in [5.41, 5.74) is 6.05. The number of aromatic hydroxyl groups is 2. The lowest BCUT2D eigenvalue weighted by molar-refractivity contribution is -0.143. The smallest absolute Gasteiger partial charge is 0.306 e. The zero-order valence-corrected chi connectivity index (χ0v) is 38.7. The SMILES string of the molecule is CCCCCCCCCCCCCCCCCCOC(=O)CCc1cc(C(C)(C)C)c(O)c(C(C)(C)C)c1.CCc1cc(C(C)(C)C)c(O)c(C(C)(C)C)c1. The Bertz CT molecular complexity index is 1300. The van der Waals surface area contributed by atoms with Crippen molar-refractivity contribution in [2.45, 2.75) is 241 Å². The molecule has 0 aliphatic rings. The molecule has 55 heavy (non-hydrogen) atoms. The molecule has 0 aliphatic heterocycles. The van der Waals surface area contributed by atoms with Crippen LogP contribution in [0.15, 0.2) is 24.3 Å². The van der Waals surface area contributed by atoms with E-state index in [0.29, 0.717) is 30.9 Å². The molecule has 0 fully saturated rings. The van der Waals surface area contributed by atoms with Crippen LogP contribution < -0.4 is 0 Å². The molecule has 0 saturated carbocycles. The summed E-state index contributed by atoms with van der Waals surface area (Å²) >= 11 is 0. The van der Waals surface area contributed by atoms with Crippen LogP contribution in [0.5, 0.6) is 11.5 Å². The van der Waals surface area contributed by atoms with Crippen LogP contribution in [0.2, 0.25) is 0 Å². The van der Waals surface area contributed by atoms with Gasteiger partial charge in [0.2, 0.25) is 0 Å². The first-order valence-corrected chi connectivity index (χ1v) is 22.4. The normalized spacial score (nSPS) is 12.4. The second-order valence-corrected chi connectivity index (χ2v) is 20.5. The molecule has 316 valence electrons. The van der Waals surface area contributed by atoms with Gasteiger partial charge in [-0.25, -0.2) is 0 Å². The minimum absolute atomic E-state index is 0.0186. The van der Waals surface area contributed by atoms with E-state index < -0.39 is 0 Å². The number of carbonyl (C=O) groups is 1. The van der Waals surface area contributed by atoms with Crippen molar-refractivity contribution in [2.24, 2.45) is 0 Å². The summed E-state index contributed by atoms with van der Waals surface area (Å²) in [6.45, 7) is 30.5. The average Bonchev–Trinajstić information content (AvgIpc) is 3.07. The minimum atomic E-state index is -0.159. The van der Waals surface area contributed by atoms with E-state index in [1.807, 2.05) is 0 Å². The Morgan fingerprint density at radius 3 is 1.05 bits per heavy atom. The molecule has 0 atom stereocenters. The Hall–Kier alpha value is -2.49. The number of aryl methyl sites for hydroxylation is 2. The van der Waals surface area contributed by atoms with E-state index in [-0.39, 0.29) is 27.6 Å². The van der Waals surface area contributed by atoms with E-state index in [1.165, 1.54) is 95.5 Å². The van der Waals surface area contributed by atoms with Crippen molar-refractivity contribution in [1.82, 2.24) is 0 Å². The number of esters is 1. The molecule has 0 bridgehead atoms. The zero-order valence-electron chi connectivity index (χ0n) is 38.7. The maximum atomic E-state index is 12.3. The molecule has 2 N–H and O–H groups in total. The van der Waals surface area contributed by atoms with Gasteiger partial charge >= 0.3 is 5.97 Å². The fourth-order valence-corrected chi connectivity index (χ4v) is 7.18. The van der Waals surface area contributed by atoms with Gasteiger partial charge in [-0.15, -0.1) is 0 Å². The largest absolute Gasteiger partial charge is 0.507 e. The van der Waals surface area contributed by atoms with E-state index in [1.54, 1.807) is 0 Å². The molecule has 0 amide bonds. The fourth-order valence-electron chi connectivity index (χ4n) is 7.18. The van der Waals surface area contributed by atoms with Gasteiger partial charge in [0.05, 0.1) is 6.61 Å². The van der Waals surface area contributed by atoms with E-state index >= 15 is 0 Å². The molecule has 0 heterocycles. The number of benzene rings is 2. The standard InChI is InChI=1S/C35H62O3.C16H26O/c1-8-9-10-11-12-13-14-15-16-17-18-19-20-21-22-23-26-38-32(36)25-24-29-27-30(34(2,3)4)33(37)31(28-29)35(5,6)7;1-8-11-9-12(15(2,3)4)14(17)13(10-11)16(5,6)7/h27-28,37H,8-26H2,1-7H3;9-10,17H,8H2,1-7H3. The van der Waals surface area contributed by atoms with Crippen LogP contribution in [0.3, 0.4) is 0 Å². The van der Waals surface area contributed by atoms with Crippen LogP contribution >= 0.6 is 0 Å². The Balaban J connectivity index is 0.000000738. The van der Waals surface area contributed by atoms with Crippen molar-refractivity contribution >= 4 is 5.97 Å². The summed E-state index contributed by atoms with van der Waals surface area (Å²) in [6.07, 6.45) is 23.5. The number of phenols is 2. The number of ether oxygens (including phenoxy) is 1. The van der Waals surface area contributed by atoms with E-state index in [2.05, 4.69) is 121 Å². The van der Waals surface area contributed by atoms with E-state index in [9.17, 15) is 15.0 Å². The summed E-state index contributed by atoms with van der Waals surface area (Å²) in [5, 5.41) is 21.4. The summed E-state index contributed by atoms with van der Waals surface area (Å²) in [5.74, 6) is 0.746. The van der Waals surface area contributed by atoms with Gasteiger partial charge in [0, 0.05) is 6.42 Å². The summed E-state index contributed by atoms with van der Waals surface area (Å²) in [6, 6.07) is 8.41. The highest BCUT2D eigenvalue weighted by Crippen LogP contribution is 2.41. The van der Waals surface area contributed by atoms with Gasteiger partial charge in [-0.1, -0.05) is 218 Å². The molecule has 0 aliphatic carbocycles. The van der Waals surface area contributed by atoms with Crippen molar-refractivity contribution in [3.8, 4) is 11.5 Å². The van der Waals surface area contributed by atoms with Crippen molar-refractivity contribution in [1.29, 1.82) is 0 Å². The average molecular weight is 765 g/mol. The quantitative estimate of drug-likeness (QED) is 0.0981. The number of rotatable bonds is 21. The maximum absolute atomic E-state index is 12.3. The Kier molecular flexibility index (Phi) is 22.3. The summed E-state index contributed by atoms with van der Waals surface area (Å²) < 4.78 is 5.51. The zero-order chi connectivity index (χ0) is 41.9. The van der Waals surface area contributed by atoms with Crippen molar-refractivity contribution in [3.05, 3.63) is 57.6 Å².